The molecule has 3 aromatic heterocycles. The maximum atomic E-state index is 13.1. The Morgan fingerprint density at radius 1 is 0.889 bits per heavy atom. The number of aromatic amines is 1. The van der Waals surface area contributed by atoms with Crippen molar-refractivity contribution < 1.29 is 4.79 Å². The standard InChI is InChI=1S/C27H30N8O/c1-33-10-12-35(13-11-33)25-7-5-21(17-29-25)30-27(36)26-23-15-19(4-6-24(23)31-32-26)20-14-22(18-28-16-20)34-8-2-3-9-34/h4-7,14-18H,2-3,8-13H2,1H3,(H,30,36)(H,31,32). The van der Waals surface area contributed by atoms with Crippen LogP contribution in [0.2, 0.25) is 0 Å². The van der Waals surface area contributed by atoms with E-state index in [9.17, 15) is 4.79 Å². The summed E-state index contributed by atoms with van der Waals surface area (Å²) in [6.45, 7) is 6.09. The van der Waals surface area contributed by atoms with Crippen LogP contribution in [-0.4, -0.2) is 77.3 Å². The van der Waals surface area contributed by atoms with E-state index in [1.807, 2.05) is 42.7 Å². The van der Waals surface area contributed by atoms with E-state index in [2.05, 4.69) is 53.3 Å². The molecule has 184 valence electrons. The second kappa shape index (κ2) is 9.58. The summed E-state index contributed by atoms with van der Waals surface area (Å²) in [7, 11) is 2.13. The molecule has 2 saturated heterocycles. The first-order valence-corrected chi connectivity index (χ1v) is 12.5. The molecule has 2 fully saturated rings. The molecule has 0 bridgehead atoms. The van der Waals surface area contributed by atoms with Crippen molar-refractivity contribution in [2.75, 3.05) is 61.4 Å². The normalized spacial score (nSPS) is 16.6. The average Bonchev–Trinajstić information content (AvgIpc) is 3.60. The summed E-state index contributed by atoms with van der Waals surface area (Å²) in [6, 6.07) is 12.0. The van der Waals surface area contributed by atoms with Crippen LogP contribution >= 0.6 is 0 Å². The van der Waals surface area contributed by atoms with Crippen LogP contribution in [0, 0.1) is 0 Å². The second-order valence-electron chi connectivity index (χ2n) is 9.61. The van der Waals surface area contributed by atoms with Crippen molar-refractivity contribution in [1.82, 2.24) is 25.1 Å². The predicted molar refractivity (Wildman–Crippen MR) is 143 cm³/mol. The second-order valence-corrected chi connectivity index (χ2v) is 9.61. The number of pyridine rings is 2. The summed E-state index contributed by atoms with van der Waals surface area (Å²) < 4.78 is 0. The van der Waals surface area contributed by atoms with Crippen LogP contribution in [0.5, 0.6) is 0 Å². The highest BCUT2D eigenvalue weighted by Gasteiger charge is 2.18. The zero-order chi connectivity index (χ0) is 24.5. The maximum Gasteiger partial charge on any atom is 0.276 e. The molecule has 9 nitrogen and oxygen atoms in total. The number of benzene rings is 1. The van der Waals surface area contributed by atoms with E-state index in [0.717, 1.165) is 72.8 Å². The lowest BCUT2D eigenvalue weighted by Gasteiger charge is -2.33. The van der Waals surface area contributed by atoms with Gasteiger partial charge in [-0.2, -0.15) is 5.10 Å². The van der Waals surface area contributed by atoms with Crippen LogP contribution in [0.3, 0.4) is 0 Å². The van der Waals surface area contributed by atoms with Gasteiger partial charge in [0.25, 0.3) is 5.91 Å². The lowest BCUT2D eigenvalue weighted by atomic mass is 10.0. The number of nitrogens with one attached hydrogen (secondary N) is 2. The zero-order valence-electron chi connectivity index (χ0n) is 20.4. The van der Waals surface area contributed by atoms with Crippen LogP contribution in [-0.2, 0) is 0 Å². The van der Waals surface area contributed by atoms with Crippen molar-refractivity contribution in [1.29, 1.82) is 0 Å². The van der Waals surface area contributed by atoms with E-state index >= 15 is 0 Å². The van der Waals surface area contributed by atoms with Gasteiger partial charge < -0.3 is 20.0 Å². The summed E-state index contributed by atoms with van der Waals surface area (Å²) >= 11 is 0. The third kappa shape index (κ3) is 4.49. The fourth-order valence-electron chi connectivity index (χ4n) is 4.97. The molecule has 4 aromatic rings. The van der Waals surface area contributed by atoms with Crippen LogP contribution in [0.1, 0.15) is 23.3 Å². The molecule has 0 unspecified atom stereocenters. The molecule has 0 radical (unpaired) electrons. The summed E-state index contributed by atoms with van der Waals surface area (Å²) in [6.07, 6.45) is 7.94. The van der Waals surface area contributed by atoms with E-state index < -0.39 is 0 Å². The van der Waals surface area contributed by atoms with E-state index in [-0.39, 0.29) is 5.91 Å². The predicted octanol–water partition coefficient (Wildman–Crippen LogP) is 3.62. The number of hydrogen-bond acceptors (Lipinski definition) is 7. The number of aromatic nitrogens is 4. The van der Waals surface area contributed by atoms with Gasteiger partial charge in [-0.3, -0.25) is 14.9 Å². The quantitative estimate of drug-likeness (QED) is 0.449. The van der Waals surface area contributed by atoms with Gasteiger partial charge in [0, 0.05) is 56.4 Å². The molecule has 0 spiro atoms. The number of hydrogen-bond donors (Lipinski definition) is 2. The van der Waals surface area contributed by atoms with Gasteiger partial charge in [-0.15, -0.1) is 0 Å². The maximum absolute atomic E-state index is 13.1. The van der Waals surface area contributed by atoms with Crippen molar-refractivity contribution in [2.45, 2.75) is 12.8 Å². The Morgan fingerprint density at radius 3 is 2.50 bits per heavy atom. The summed E-state index contributed by atoms with van der Waals surface area (Å²) in [5, 5.41) is 11.0. The number of carbonyl (C=O) groups excluding carboxylic acids is 1. The summed E-state index contributed by atoms with van der Waals surface area (Å²) in [5.74, 6) is 0.664. The van der Waals surface area contributed by atoms with E-state index in [1.54, 1.807) is 6.20 Å². The Balaban J connectivity index is 1.21. The molecule has 1 amide bonds. The molecule has 9 heteroatoms. The number of nitrogens with zero attached hydrogens (tertiary/aromatic N) is 6. The molecule has 36 heavy (non-hydrogen) atoms. The number of fused-ring (bicyclic) bond motifs is 1. The van der Waals surface area contributed by atoms with Crippen LogP contribution in [0.25, 0.3) is 22.0 Å². The lowest BCUT2D eigenvalue weighted by Crippen LogP contribution is -2.44. The minimum Gasteiger partial charge on any atom is -0.370 e. The Bertz CT molecular complexity index is 1370. The molecular weight excluding hydrogens is 452 g/mol. The molecule has 6 rings (SSSR count). The molecule has 2 aliphatic rings. The van der Waals surface area contributed by atoms with E-state index in [4.69, 9.17) is 0 Å². The van der Waals surface area contributed by atoms with Crippen LogP contribution in [0.15, 0.2) is 55.0 Å². The number of likely N-dealkylation sites (N-methyl/N-ethyl adjacent to an activating group) is 1. The van der Waals surface area contributed by atoms with Gasteiger partial charge >= 0.3 is 0 Å². The molecule has 5 heterocycles. The van der Waals surface area contributed by atoms with Crippen molar-refractivity contribution in [2.24, 2.45) is 0 Å². The molecule has 2 N–H and O–H groups in total. The van der Waals surface area contributed by atoms with Crippen LogP contribution in [0.4, 0.5) is 17.2 Å². The first-order chi connectivity index (χ1) is 17.6. The third-order valence-electron chi connectivity index (χ3n) is 7.14. The van der Waals surface area contributed by atoms with Gasteiger partial charge in [0.15, 0.2) is 5.69 Å². The fraction of sp³-hybridized carbons (Fsp3) is 0.333. The summed E-state index contributed by atoms with van der Waals surface area (Å²) in [5.41, 5.74) is 4.99. The van der Waals surface area contributed by atoms with Gasteiger partial charge in [-0.05, 0) is 55.8 Å². The van der Waals surface area contributed by atoms with E-state index in [0.29, 0.717) is 11.4 Å². The highest BCUT2D eigenvalue weighted by atomic mass is 16.1. The topological polar surface area (TPSA) is 93.3 Å². The van der Waals surface area contributed by atoms with Crippen molar-refractivity contribution in [3.8, 4) is 11.1 Å². The lowest BCUT2D eigenvalue weighted by molar-refractivity contribution is 0.102. The SMILES string of the molecule is CN1CCN(c2ccc(NC(=O)c3n[nH]c4ccc(-c5cncc(N6CCCC6)c5)cc34)cn2)CC1. The minimum atomic E-state index is -0.267. The van der Waals surface area contributed by atoms with E-state index in [1.165, 1.54) is 12.8 Å². The third-order valence-corrected chi connectivity index (χ3v) is 7.14. The molecular formula is C27H30N8O. The zero-order valence-corrected chi connectivity index (χ0v) is 20.4. The smallest absolute Gasteiger partial charge is 0.276 e. The van der Waals surface area contributed by atoms with Crippen molar-refractivity contribution in [3.05, 3.63) is 60.7 Å². The Labute approximate surface area is 210 Å². The first-order valence-electron chi connectivity index (χ1n) is 12.5. The van der Waals surface area contributed by atoms with Gasteiger partial charge in [0.1, 0.15) is 5.82 Å². The largest absolute Gasteiger partial charge is 0.370 e. The van der Waals surface area contributed by atoms with Crippen molar-refractivity contribution >= 4 is 34.0 Å². The van der Waals surface area contributed by atoms with Gasteiger partial charge in [-0.25, -0.2) is 4.98 Å². The van der Waals surface area contributed by atoms with Gasteiger partial charge in [-0.1, -0.05) is 6.07 Å². The average molecular weight is 483 g/mol. The first kappa shape index (κ1) is 22.5. The van der Waals surface area contributed by atoms with Crippen molar-refractivity contribution in [3.63, 3.8) is 0 Å². The van der Waals surface area contributed by atoms with Gasteiger partial charge in [0.05, 0.1) is 29.3 Å². The Kier molecular flexibility index (Phi) is 5.98. The fourth-order valence-corrected chi connectivity index (χ4v) is 4.97. The molecule has 0 aliphatic carbocycles. The molecule has 0 atom stereocenters. The molecule has 2 aliphatic heterocycles. The number of carbonyl (C=O) groups is 1. The number of H-pyrrole nitrogens is 1. The van der Waals surface area contributed by atoms with Gasteiger partial charge in [0.2, 0.25) is 0 Å². The monoisotopic (exact) mass is 482 g/mol. The molecule has 1 aromatic carbocycles. The number of piperazine rings is 1. The molecule has 0 saturated carbocycles. The van der Waals surface area contributed by atoms with Crippen LogP contribution < -0.4 is 15.1 Å². The number of rotatable bonds is 5. The highest BCUT2D eigenvalue weighted by Crippen LogP contribution is 2.29. The Hall–Kier alpha value is -3.98. The Morgan fingerprint density at radius 2 is 1.72 bits per heavy atom. The minimum absolute atomic E-state index is 0.267. The highest BCUT2D eigenvalue weighted by molar-refractivity contribution is 6.11. The number of anilines is 3. The number of amides is 1. The summed E-state index contributed by atoms with van der Waals surface area (Å²) in [4.78, 5) is 29.1.